The normalized spacial score (nSPS) is 10.7. The number of rotatable bonds is 23. The summed E-state index contributed by atoms with van der Waals surface area (Å²) in [6.07, 6.45) is 10.1. The summed E-state index contributed by atoms with van der Waals surface area (Å²) in [7, 11) is 0. The zero-order valence-electron chi connectivity index (χ0n) is 26.3. The van der Waals surface area contributed by atoms with Crippen molar-refractivity contribution >= 4 is 17.6 Å². The number of hydrogen-bond acceptors (Lipinski definition) is 7. The van der Waals surface area contributed by atoms with E-state index in [-0.39, 0.29) is 18.5 Å². The van der Waals surface area contributed by atoms with Crippen molar-refractivity contribution in [1.82, 2.24) is 0 Å². The lowest BCUT2D eigenvalue weighted by Crippen LogP contribution is -2.11. The molecule has 2 N–H and O–H groups in total. The third kappa shape index (κ3) is 14.9. The number of aliphatic hydroxyl groups excluding tert-OH is 1. The van der Waals surface area contributed by atoms with Crippen LogP contribution in [0, 0.1) is 0 Å². The van der Waals surface area contributed by atoms with Gasteiger partial charge in [0.25, 0.3) is 0 Å². The molecule has 2 rings (SSSR count). The molecule has 7 nitrogen and oxygen atoms in total. The largest absolute Gasteiger partial charge is 0.494 e. The minimum Gasteiger partial charge on any atom is -0.494 e. The van der Waals surface area contributed by atoms with Gasteiger partial charge in [0.2, 0.25) is 0 Å². The van der Waals surface area contributed by atoms with Crippen LogP contribution in [-0.4, -0.2) is 50.0 Å². The van der Waals surface area contributed by atoms with Crippen molar-refractivity contribution < 1.29 is 28.9 Å². The van der Waals surface area contributed by atoms with Crippen LogP contribution in [0.1, 0.15) is 81.9 Å². The minimum absolute atomic E-state index is 0.242. The summed E-state index contributed by atoms with van der Waals surface area (Å²) in [5.41, 5.74) is 5.64. The zero-order valence-corrected chi connectivity index (χ0v) is 26.3. The van der Waals surface area contributed by atoms with Crippen LogP contribution in [-0.2, 0) is 38.3 Å². The lowest BCUT2D eigenvalue weighted by Gasteiger charge is -2.17. The van der Waals surface area contributed by atoms with Gasteiger partial charge in [0.05, 0.1) is 19.8 Å². The number of para-hydroxylation sites is 1. The van der Waals surface area contributed by atoms with Crippen molar-refractivity contribution in [3.63, 3.8) is 0 Å². The quantitative estimate of drug-likeness (QED) is 0.0802. The summed E-state index contributed by atoms with van der Waals surface area (Å²) >= 11 is 0. The van der Waals surface area contributed by atoms with Gasteiger partial charge in [-0.15, -0.1) is 0 Å². The minimum atomic E-state index is -0.356. The fraction of sp³-hybridized carbons (Fsp3) is 0.500. The van der Waals surface area contributed by atoms with E-state index in [2.05, 4.69) is 48.8 Å². The molecule has 0 amide bonds. The molecule has 0 aromatic heterocycles. The first kappa shape index (κ1) is 35.6. The Labute approximate surface area is 258 Å². The smallest absolute Gasteiger partial charge is 0.333 e. The number of ether oxygens (including phenoxy) is 3. The maximum atomic E-state index is 11.7. The van der Waals surface area contributed by atoms with Crippen LogP contribution in [0.4, 0.5) is 5.69 Å². The van der Waals surface area contributed by atoms with E-state index in [1.807, 2.05) is 12.1 Å². The Balaban J connectivity index is 1.83. The third-order valence-electron chi connectivity index (χ3n) is 7.02. The number of hydrogen-bond donors (Lipinski definition) is 2. The van der Waals surface area contributed by atoms with Gasteiger partial charge in [-0.2, -0.15) is 0 Å². The van der Waals surface area contributed by atoms with E-state index in [1.54, 1.807) is 13.8 Å². The number of carbonyl (C=O) groups excluding carboxylic acids is 2. The first-order chi connectivity index (χ1) is 20.8. The monoisotopic (exact) mass is 593 g/mol. The molecule has 0 saturated carbocycles. The Morgan fingerprint density at radius 3 is 1.84 bits per heavy atom. The van der Waals surface area contributed by atoms with E-state index in [0.717, 1.165) is 88.6 Å². The molecule has 0 unspecified atom stereocenters. The van der Waals surface area contributed by atoms with Crippen LogP contribution in [0.25, 0.3) is 0 Å². The van der Waals surface area contributed by atoms with Gasteiger partial charge in [0.15, 0.2) is 0 Å². The maximum Gasteiger partial charge on any atom is 0.333 e. The molecule has 0 aliphatic carbocycles. The zero-order chi connectivity index (χ0) is 31.3. The highest BCUT2D eigenvalue weighted by Gasteiger charge is 2.11. The number of carbonyl (C=O) groups is 2. The summed E-state index contributed by atoms with van der Waals surface area (Å²) in [5, 5.41) is 12.5. The van der Waals surface area contributed by atoms with Gasteiger partial charge >= 0.3 is 11.9 Å². The van der Waals surface area contributed by atoms with Gasteiger partial charge in [0, 0.05) is 30.0 Å². The molecule has 0 radical (unpaired) electrons. The van der Waals surface area contributed by atoms with Crippen LogP contribution in [0.5, 0.6) is 5.75 Å². The number of nitrogens with one attached hydrogen (secondary N) is 1. The number of aryl methyl sites for hydroxylation is 3. The lowest BCUT2D eigenvalue weighted by atomic mass is 9.99. The molecular formula is C36H51NO6. The second-order valence-electron chi connectivity index (χ2n) is 11.0. The Hall–Kier alpha value is -3.58. The SMILES string of the molecule is C=C(C)C(=O)OCCCc1cccc(CCCOC(=O)C(=C)C)c1NCCCCCc1ccc(OCCCCCO)cc1. The number of anilines is 1. The van der Waals surface area contributed by atoms with Crippen molar-refractivity contribution in [2.45, 2.75) is 84.5 Å². The number of esters is 2. The molecule has 2 aromatic rings. The Morgan fingerprint density at radius 1 is 0.698 bits per heavy atom. The highest BCUT2D eigenvalue weighted by atomic mass is 16.5. The Bertz CT molecular complexity index is 1090. The first-order valence-corrected chi connectivity index (χ1v) is 15.6. The maximum absolute atomic E-state index is 11.7. The van der Waals surface area contributed by atoms with Gasteiger partial charge in [-0.05, 0) is 107 Å². The second kappa shape index (κ2) is 21.2. The van der Waals surface area contributed by atoms with E-state index in [0.29, 0.717) is 31.0 Å². The molecule has 0 aliphatic heterocycles. The summed E-state index contributed by atoms with van der Waals surface area (Å²) in [6.45, 7) is 13.1. The van der Waals surface area contributed by atoms with Crippen molar-refractivity contribution in [2.75, 3.05) is 38.3 Å². The van der Waals surface area contributed by atoms with Gasteiger partial charge < -0.3 is 24.6 Å². The Kier molecular flexibility index (Phi) is 17.5. The molecule has 0 spiro atoms. The fourth-order valence-corrected chi connectivity index (χ4v) is 4.58. The van der Waals surface area contributed by atoms with Crippen LogP contribution in [0.2, 0.25) is 0 Å². The van der Waals surface area contributed by atoms with E-state index in [1.165, 1.54) is 16.7 Å². The second-order valence-corrected chi connectivity index (χ2v) is 11.0. The van der Waals surface area contributed by atoms with E-state index in [4.69, 9.17) is 19.3 Å². The fourth-order valence-electron chi connectivity index (χ4n) is 4.58. The molecule has 7 heteroatoms. The molecule has 0 aliphatic rings. The van der Waals surface area contributed by atoms with Crippen molar-refractivity contribution in [1.29, 1.82) is 0 Å². The Morgan fingerprint density at radius 2 is 1.28 bits per heavy atom. The topological polar surface area (TPSA) is 94.1 Å². The molecule has 0 fully saturated rings. The van der Waals surface area contributed by atoms with E-state index in [9.17, 15) is 9.59 Å². The first-order valence-electron chi connectivity index (χ1n) is 15.6. The number of unbranched alkanes of at least 4 members (excludes halogenated alkanes) is 4. The highest BCUT2D eigenvalue weighted by Crippen LogP contribution is 2.25. The molecule has 43 heavy (non-hydrogen) atoms. The third-order valence-corrected chi connectivity index (χ3v) is 7.02. The molecule has 0 atom stereocenters. The molecule has 0 saturated heterocycles. The summed E-state index contributed by atoms with van der Waals surface area (Å²) in [4.78, 5) is 23.4. The van der Waals surface area contributed by atoms with Gasteiger partial charge in [-0.25, -0.2) is 9.59 Å². The number of benzene rings is 2. The van der Waals surface area contributed by atoms with E-state index >= 15 is 0 Å². The van der Waals surface area contributed by atoms with Crippen molar-refractivity contribution in [2.24, 2.45) is 0 Å². The standard InChI is InChI=1S/C36H51NO6/c1-28(2)35(39)42-26-12-17-31-15-11-16-32(18-13-27-43-36(40)29(3)4)34(31)37-23-8-5-7-14-30-19-21-33(22-20-30)41-25-10-6-9-24-38/h11,15-16,19-22,37-38H,1,3,5-10,12-14,17-18,23-27H2,2,4H3. The predicted octanol–water partition coefficient (Wildman–Crippen LogP) is 7.16. The average Bonchev–Trinajstić information content (AvgIpc) is 3.00. The summed E-state index contributed by atoms with van der Waals surface area (Å²) in [6, 6.07) is 14.7. The molecule has 2 aromatic carbocycles. The summed E-state index contributed by atoms with van der Waals surface area (Å²) in [5.74, 6) is 0.186. The predicted molar refractivity (Wildman–Crippen MR) is 174 cm³/mol. The van der Waals surface area contributed by atoms with Crippen LogP contribution in [0.15, 0.2) is 66.8 Å². The van der Waals surface area contributed by atoms with Crippen LogP contribution < -0.4 is 10.1 Å². The van der Waals surface area contributed by atoms with Crippen LogP contribution in [0.3, 0.4) is 0 Å². The van der Waals surface area contributed by atoms with Gasteiger partial charge in [-0.3, -0.25) is 0 Å². The molecule has 0 heterocycles. The average molecular weight is 594 g/mol. The molecule has 236 valence electrons. The van der Waals surface area contributed by atoms with Gasteiger partial charge in [-0.1, -0.05) is 49.9 Å². The lowest BCUT2D eigenvalue weighted by molar-refractivity contribution is -0.139. The van der Waals surface area contributed by atoms with Crippen molar-refractivity contribution in [3.8, 4) is 5.75 Å². The molecule has 0 bridgehead atoms. The van der Waals surface area contributed by atoms with Crippen LogP contribution >= 0.6 is 0 Å². The van der Waals surface area contributed by atoms with Crippen molar-refractivity contribution in [3.05, 3.63) is 83.5 Å². The highest BCUT2D eigenvalue weighted by molar-refractivity contribution is 5.87. The summed E-state index contributed by atoms with van der Waals surface area (Å²) < 4.78 is 16.4. The molecular weight excluding hydrogens is 542 g/mol. The van der Waals surface area contributed by atoms with Gasteiger partial charge in [0.1, 0.15) is 5.75 Å². The number of aliphatic hydroxyl groups is 1. The van der Waals surface area contributed by atoms with E-state index < -0.39 is 0 Å².